The van der Waals surface area contributed by atoms with Gasteiger partial charge in [0.15, 0.2) is 5.65 Å². The first-order valence-corrected chi connectivity index (χ1v) is 10.5. The first-order chi connectivity index (χ1) is 17.0. The van der Waals surface area contributed by atoms with Crippen molar-refractivity contribution in [2.45, 2.75) is 26.0 Å². The molecule has 12 heteroatoms. The molecule has 35 heavy (non-hydrogen) atoms. The zero-order valence-electron chi connectivity index (χ0n) is 18.3. The van der Waals surface area contributed by atoms with Crippen LogP contribution in [0.5, 0.6) is 5.88 Å². The Balaban J connectivity index is 1.49. The number of nitriles is 1. The normalized spacial score (nSPS) is 12.1. The molecule has 10 nitrogen and oxygen atoms in total. The minimum atomic E-state index is -2.78. The van der Waals surface area contributed by atoms with Crippen molar-refractivity contribution in [3.05, 3.63) is 72.3 Å². The molecule has 0 saturated carbocycles. The molecule has 5 rings (SSSR count). The van der Waals surface area contributed by atoms with E-state index in [0.29, 0.717) is 35.0 Å². The quantitative estimate of drug-likeness (QED) is 0.351. The average Bonchev–Trinajstić information content (AvgIpc) is 3.53. The van der Waals surface area contributed by atoms with E-state index >= 15 is 0 Å². The molecule has 4 aromatic heterocycles. The van der Waals surface area contributed by atoms with Gasteiger partial charge < -0.3 is 4.74 Å². The third-order valence-electron chi connectivity index (χ3n) is 5.22. The summed E-state index contributed by atoms with van der Waals surface area (Å²) in [4.78, 5) is 13.5. The number of hydrogen-bond acceptors (Lipinski definition) is 8. The number of alkyl halides is 2. The maximum absolute atomic E-state index is 13.4. The second-order valence-electron chi connectivity index (χ2n) is 7.63. The number of halogens is 2. The Bertz CT molecular complexity index is 1530. The third-order valence-corrected chi connectivity index (χ3v) is 5.22. The van der Waals surface area contributed by atoms with Crippen molar-refractivity contribution in [3.63, 3.8) is 0 Å². The maximum atomic E-state index is 13.4. The van der Waals surface area contributed by atoms with Crippen molar-refractivity contribution in [1.82, 2.24) is 39.7 Å². The smallest absolute Gasteiger partial charge is 0.265 e. The minimum absolute atomic E-state index is 0.126. The van der Waals surface area contributed by atoms with Crippen LogP contribution in [0.4, 0.5) is 8.78 Å². The van der Waals surface area contributed by atoms with E-state index in [1.54, 1.807) is 41.1 Å². The van der Waals surface area contributed by atoms with E-state index in [9.17, 15) is 14.0 Å². The molecule has 0 aliphatic heterocycles. The lowest BCUT2D eigenvalue weighted by atomic mass is 10.1. The summed E-state index contributed by atoms with van der Waals surface area (Å²) in [7, 11) is 0. The predicted molar refractivity (Wildman–Crippen MR) is 120 cm³/mol. The fourth-order valence-corrected chi connectivity index (χ4v) is 3.67. The van der Waals surface area contributed by atoms with Gasteiger partial charge in [0.25, 0.3) is 6.43 Å². The molecular formula is C23H17F2N9O. The molecule has 1 atom stereocenters. The molecule has 0 aliphatic rings. The molecule has 5 aromatic rings. The number of pyridine rings is 2. The van der Waals surface area contributed by atoms with Gasteiger partial charge in [-0.05, 0) is 41.6 Å². The van der Waals surface area contributed by atoms with Crippen LogP contribution >= 0.6 is 0 Å². The van der Waals surface area contributed by atoms with Crippen molar-refractivity contribution in [3.8, 4) is 29.0 Å². The van der Waals surface area contributed by atoms with Crippen molar-refractivity contribution in [2.75, 3.05) is 0 Å². The highest BCUT2D eigenvalue weighted by Gasteiger charge is 2.19. The van der Waals surface area contributed by atoms with E-state index in [-0.39, 0.29) is 22.9 Å². The molecule has 0 spiro atoms. The Morgan fingerprint density at radius 2 is 1.86 bits per heavy atom. The lowest BCUT2D eigenvalue weighted by Gasteiger charge is -2.14. The van der Waals surface area contributed by atoms with Crippen LogP contribution < -0.4 is 4.74 Å². The Morgan fingerprint density at radius 1 is 1.03 bits per heavy atom. The molecule has 0 bridgehead atoms. The first-order valence-electron chi connectivity index (χ1n) is 10.5. The summed E-state index contributed by atoms with van der Waals surface area (Å²) in [6.45, 7) is 2.32. The van der Waals surface area contributed by atoms with Gasteiger partial charge in [0.1, 0.15) is 30.3 Å². The summed E-state index contributed by atoms with van der Waals surface area (Å²) >= 11 is 0. The van der Waals surface area contributed by atoms with Crippen LogP contribution in [0.3, 0.4) is 0 Å². The SMILES string of the molecule is C[C@@H](Cn1cnnn1)Oc1cccc(-c2ccc3ncn(-c4cccc(C(F)F)c4C#N)c3n2)n1. The molecule has 174 valence electrons. The molecule has 4 heterocycles. The molecular weight excluding hydrogens is 456 g/mol. The zero-order chi connectivity index (χ0) is 24.4. The molecule has 1 aromatic carbocycles. The summed E-state index contributed by atoms with van der Waals surface area (Å²) in [6, 6.07) is 15.0. The molecule has 0 radical (unpaired) electrons. The van der Waals surface area contributed by atoms with Crippen molar-refractivity contribution >= 4 is 11.2 Å². The van der Waals surface area contributed by atoms with E-state index in [1.807, 2.05) is 13.0 Å². The number of ether oxygens (including phenoxy) is 1. The summed E-state index contributed by atoms with van der Waals surface area (Å²) in [5.41, 5.74) is 1.84. The van der Waals surface area contributed by atoms with Crippen LogP contribution in [0.25, 0.3) is 28.2 Å². The van der Waals surface area contributed by atoms with Crippen molar-refractivity contribution in [2.24, 2.45) is 0 Å². The molecule has 0 unspecified atom stereocenters. The Hall–Kier alpha value is -4.79. The average molecular weight is 473 g/mol. The number of aromatic nitrogens is 8. The monoisotopic (exact) mass is 473 g/mol. The first kappa shape index (κ1) is 22.0. The highest BCUT2D eigenvalue weighted by molar-refractivity contribution is 5.77. The second kappa shape index (κ2) is 9.22. The van der Waals surface area contributed by atoms with Gasteiger partial charge >= 0.3 is 0 Å². The number of benzene rings is 1. The van der Waals surface area contributed by atoms with E-state index in [4.69, 9.17) is 4.74 Å². The molecule has 0 fully saturated rings. The standard InChI is InChI=1S/C23H17F2N9O/c1-14(11-33-13-28-31-32-33)35-21-7-3-5-17(29-21)18-8-9-19-23(30-18)34(12-27-19)20-6-2-4-15(22(24)25)16(20)10-26/h2-9,12-14,22H,11H2,1H3/t14-/m0/s1. The third kappa shape index (κ3) is 4.39. The number of nitrogens with zero attached hydrogens (tertiary/aromatic N) is 9. The summed E-state index contributed by atoms with van der Waals surface area (Å²) in [5, 5.41) is 20.6. The number of fused-ring (bicyclic) bond motifs is 1. The largest absolute Gasteiger partial charge is 0.473 e. The van der Waals surface area contributed by atoms with Crippen molar-refractivity contribution < 1.29 is 13.5 Å². The Labute approximate surface area is 197 Å². The van der Waals surface area contributed by atoms with Gasteiger partial charge in [-0.15, -0.1) is 5.10 Å². The minimum Gasteiger partial charge on any atom is -0.473 e. The van der Waals surface area contributed by atoms with Gasteiger partial charge in [0, 0.05) is 11.6 Å². The number of tetrazole rings is 1. The van der Waals surface area contributed by atoms with Crippen LogP contribution in [-0.4, -0.2) is 45.8 Å². The van der Waals surface area contributed by atoms with Gasteiger partial charge in [0.2, 0.25) is 5.88 Å². The van der Waals surface area contributed by atoms with E-state index in [0.717, 1.165) is 0 Å². The highest BCUT2D eigenvalue weighted by Crippen LogP contribution is 2.29. The fraction of sp³-hybridized carbons (Fsp3) is 0.174. The zero-order valence-corrected chi connectivity index (χ0v) is 18.3. The Kier molecular flexibility index (Phi) is 5.80. The number of rotatable bonds is 7. The fourth-order valence-electron chi connectivity index (χ4n) is 3.67. The lowest BCUT2D eigenvalue weighted by Crippen LogP contribution is -2.20. The van der Waals surface area contributed by atoms with E-state index in [2.05, 4.69) is 30.5 Å². The Morgan fingerprint density at radius 3 is 2.63 bits per heavy atom. The van der Waals surface area contributed by atoms with Gasteiger partial charge in [-0.2, -0.15) is 5.26 Å². The lowest BCUT2D eigenvalue weighted by molar-refractivity contribution is 0.151. The molecule has 0 N–H and O–H groups in total. The van der Waals surface area contributed by atoms with Crippen LogP contribution in [0.2, 0.25) is 0 Å². The number of hydrogen-bond donors (Lipinski definition) is 0. The number of imidazole rings is 1. The van der Waals surface area contributed by atoms with Gasteiger partial charge in [-0.1, -0.05) is 18.2 Å². The second-order valence-corrected chi connectivity index (χ2v) is 7.63. The van der Waals surface area contributed by atoms with Crippen LogP contribution in [0.1, 0.15) is 24.5 Å². The van der Waals surface area contributed by atoms with Gasteiger partial charge in [-0.25, -0.2) is 28.4 Å². The molecule has 0 aliphatic carbocycles. The summed E-state index contributed by atoms with van der Waals surface area (Å²) < 4.78 is 35.9. The van der Waals surface area contributed by atoms with Crippen LogP contribution in [0.15, 0.2) is 61.2 Å². The summed E-state index contributed by atoms with van der Waals surface area (Å²) in [6.07, 6.45) is -0.0657. The van der Waals surface area contributed by atoms with Crippen LogP contribution in [-0.2, 0) is 6.54 Å². The van der Waals surface area contributed by atoms with Crippen molar-refractivity contribution in [1.29, 1.82) is 5.26 Å². The topological polar surface area (TPSA) is 120 Å². The van der Waals surface area contributed by atoms with E-state index < -0.39 is 6.43 Å². The maximum Gasteiger partial charge on any atom is 0.265 e. The summed E-state index contributed by atoms with van der Waals surface area (Å²) in [5.74, 6) is 0.398. The molecule has 0 amide bonds. The van der Waals surface area contributed by atoms with Gasteiger partial charge in [0.05, 0.1) is 29.2 Å². The van der Waals surface area contributed by atoms with Crippen LogP contribution in [0, 0.1) is 11.3 Å². The van der Waals surface area contributed by atoms with E-state index in [1.165, 1.54) is 29.4 Å². The predicted octanol–water partition coefficient (Wildman–Crippen LogP) is 3.75. The molecule has 0 saturated heterocycles. The van der Waals surface area contributed by atoms with Gasteiger partial charge in [-0.3, -0.25) is 4.57 Å². The highest BCUT2D eigenvalue weighted by atomic mass is 19.3.